The van der Waals surface area contributed by atoms with Crippen LogP contribution in [0.15, 0.2) is 36.5 Å². The number of halogens is 2. The number of nitrogens with zero attached hydrogens (tertiary/aromatic N) is 4. The average Bonchev–Trinajstić information content (AvgIpc) is 2.85. The minimum atomic E-state index is -0.565. The first-order valence-corrected chi connectivity index (χ1v) is 6.87. The van der Waals surface area contributed by atoms with Gasteiger partial charge in [-0.25, -0.2) is 14.4 Å². The van der Waals surface area contributed by atoms with Gasteiger partial charge in [0.25, 0.3) is 0 Å². The standard InChI is InChI=1S/C15H10ClFN4/c16-7-6-14-20-12-4-2-8-19-15(12)21(14)13-5-1-3-11(17)10(13)9-18/h1-5,8H,6-7H2. The molecule has 104 valence electrons. The topological polar surface area (TPSA) is 54.5 Å². The van der Waals surface area contributed by atoms with Crippen molar-refractivity contribution in [3.63, 3.8) is 0 Å². The highest BCUT2D eigenvalue weighted by Gasteiger charge is 2.17. The first kappa shape index (κ1) is 13.5. The molecule has 2 aromatic heterocycles. The molecule has 1 aromatic carbocycles. The Labute approximate surface area is 125 Å². The van der Waals surface area contributed by atoms with Crippen LogP contribution >= 0.6 is 11.6 Å². The van der Waals surface area contributed by atoms with Gasteiger partial charge in [0, 0.05) is 18.5 Å². The van der Waals surface area contributed by atoms with Crippen molar-refractivity contribution >= 4 is 22.8 Å². The number of aryl methyl sites for hydroxylation is 1. The molecule has 0 bridgehead atoms. The molecule has 0 atom stereocenters. The highest BCUT2D eigenvalue weighted by molar-refractivity contribution is 6.17. The number of hydrogen-bond donors (Lipinski definition) is 0. The quantitative estimate of drug-likeness (QED) is 0.698. The normalized spacial score (nSPS) is 10.7. The van der Waals surface area contributed by atoms with Gasteiger partial charge in [-0.15, -0.1) is 11.6 Å². The summed E-state index contributed by atoms with van der Waals surface area (Å²) in [6.07, 6.45) is 2.13. The van der Waals surface area contributed by atoms with Crippen molar-refractivity contribution in [3.8, 4) is 11.8 Å². The zero-order valence-corrected chi connectivity index (χ0v) is 11.7. The van der Waals surface area contributed by atoms with Crippen LogP contribution in [0.4, 0.5) is 4.39 Å². The second-order valence-corrected chi connectivity index (χ2v) is 4.77. The lowest BCUT2D eigenvalue weighted by molar-refractivity contribution is 0.622. The predicted molar refractivity (Wildman–Crippen MR) is 78.0 cm³/mol. The number of alkyl halides is 1. The van der Waals surface area contributed by atoms with Crippen LogP contribution in [0.3, 0.4) is 0 Å². The van der Waals surface area contributed by atoms with Gasteiger partial charge >= 0.3 is 0 Å². The number of imidazole rings is 1. The molecule has 2 heterocycles. The summed E-state index contributed by atoms with van der Waals surface area (Å²) in [7, 11) is 0. The van der Waals surface area contributed by atoms with E-state index in [0.717, 1.165) is 0 Å². The molecule has 6 heteroatoms. The molecule has 0 saturated heterocycles. The van der Waals surface area contributed by atoms with E-state index in [9.17, 15) is 9.65 Å². The van der Waals surface area contributed by atoms with E-state index in [-0.39, 0.29) is 5.56 Å². The third kappa shape index (κ3) is 2.24. The largest absolute Gasteiger partial charge is 0.279 e. The molecule has 0 fully saturated rings. The van der Waals surface area contributed by atoms with E-state index in [1.165, 1.54) is 6.07 Å². The Balaban J connectivity index is 2.36. The van der Waals surface area contributed by atoms with Gasteiger partial charge in [0.2, 0.25) is 0 Å². The maximum atomic E-state index is 13.9. The number of nitriles is 1. The summed E-state index contributed by atoms with van der Waals surface area (Å²) >= 11 is 5.82. The van der Waals surface area contributed by atoms with Crippen LogP contribution < -0.4 is 0 Å². The minimum absolute atomic E-state index is 0.0294. The van der Waals surface area contributed by atoms with Gasteiger partial charge in [-0.2, -0.15) is 5.26 Å². The molecular weight excluding hydrogens is 291 g/mol. The molecule has 0 N–H and O–H groups in total. The summed E-state index contributed by atoms with van der Waals surface area (Å²) in [6.45, 7) is 0. The summed E-state index contributed by atoms with van der Waals surface area (Å²) in [5.74, 6) is 0.464. The first-order valence-electron chi connectivity index (χ1n) is 6.33. The number of aromatic nitrogens is 3. The monoisotopic (exact) mass is 300 g/mol. The second-order valence-electron chi connectivity index (χ2n) is 4.39. The van der Waals surface area contributed by atoms with Crippen LogP contribution in [-0.4, -0.2) is 20.4 Å². The summed E-state index contributed by atoms with van der Waals surface area (Å²) < 4.78 is 15.6. The Hall–Kier alpha value is -2.45. The highest BCUT2D eigenvalue weighted by atomic mass is 35.5. The van der Waals surface area contributed by atoms with E-state index in [1.54, 1.807) is 29.0 Å². The Morgan fingerprint density at radius 3 is 2.90 bits per heavy atom. The van der Waals surface area contributed by atoms with Crippen LogP contribution in [0.5, 0.6) is 0 Å². The fourth-order valence-corrected chi connectivity index (χ4v) is 2.44. The summed E-state index contributed by atoms with van der Waals surface area (Å²) in [6, 6.07) is 10.00. The third-order valence-electron chi connectivity index (χ3n) is 3.15. The third-order valence-corrected chi connectivity index (χ3v) is 3.34. The molecular formula is C15H10ClFN4. The van der Waals surface area contributed by atoms with Gasteiger partial charge < -0.3 is 0 Å². The first-order chi connectivity index (χ1) is 10.3. The Morgan fingerprint density at radius 2 is 2.14 bits per heavy atom. The van der Waals surface area contributed by atoms with Gasteiger partial charge in [0.15, 0.2) is 5.65 Å². The molecule has 0 saturated carbocycles. The van der Waals surface area contributed by atoms with Crippen LogP contribution in [0, 0.1) is 17.1 Å². The molecule has 0 unspecified atom stereocenters. The molecule has 21 heavy (non-hydrogen) atoms. The Morgan fingerprint density at radius 1 is 1.29 bits per heavy atom. The fraction of sp³-hybridized carbons (Fsp3) is 0.133. The lowest BCUT2D eigenvalue weighted by Crippen LogP contribution is -2.06. The van der Waals surface area contributed by atoms with E-state index in [4.69, 9.17) is 11.6 Å². The minimum Gasteiger partial charge on any atom is -0.279 e. The average molecular weight is 301 g/mol. The van der Waals surface area contributed by atoms with Crippen molar-refractivity contribution in [2.75, 3.05) is 5.88 Å². The maximum absolute atomic E-state index is 13.9. The summed E-state index contributed by atoms with van der Waals surface area (Å²) in [5, 5.41) is 9.22. The SMILES string of the molecule is N#Cc1c(F)cccc1-n1c(CCCl)nc2cccnc21. The number of benzene rings is 1. The van der Waals surface area contributed by atoms with Crippen molar-refractivity contribution in [1.82, 2.24) is 14.5 Å². The molecule has 3 rings (SSSR count). The molecule has 0 amide bonds. The van der Waals surface area contributed by atoms with Crippen molar-refractivity contribution in [2.24, 2.45) is 0 Å². The lowest BCUT2D eigenvalue weighted by Gasteiger charge is -2.10. The zero-order chi connectivity index (χ0) is 14.8. The van der Waals surface area contributed by atoms with Crippen molar-refractivity contribution in [1.29, 1.82) is 5.26 Å². The van der Waals surface area contributed by atoms with Gasteiger partial charge in [-0.1, -0.05) is 6.07 Å². The molecule has 0 aliphatic carbocycles. The molecule has 0 radical (unpaired) electrons. The van der Waals surface area contributed by atoms with Crippen molar-refractivity contribution in [3.05, 3.63) is 53.7 Å². The van der Waals surface area contributed by atoms with Gasteiger partial charge in [-0.3, -0.25) is 4.57 Å². The zero-order valence-electron chi connectivity index (χ0n) is 10.9. The van der Waals surface area contributed by atoms with Gasteiger partial charge in [0.1, 0.15) is 28.8 Å². The smallest absolute Gasteiger partial charge is 0.164 e. The van der Waals surface area contributed by atoms with E-state index >= 15 is 0 Å². The maximum Gasteiger partial charge on any atom is 0.164 e. The Kier molecular flexibility index (Phi) is 3.55. The molecule has 3 aromatic rings. The van der Waals surface area contributed by atoms with E-state index in [0.29, 0.717) is 35.0 Å². The molecule has 0 aliphatic heterocycles. The number of pyridine rings is 1. The summed E-state index contributed by atoms with van der Waals surface area (Å²) in [5.41, 5.74) is 1.67. The second kappa shape index (κ2) is 5.51. The predicted octanol–water partition coefficient (Wildman–Crippen LogP) is 3.21. The fourth-order valence-electron chi connectivity index (χ4n) is 2.27. The van der Waals surface area contributed by atoms with E-state index in [1.807, 2.05) is 12.1 Å². The number of rotatable bonds is 3. The Bertz CT molecular complexity index is 850. The van der Waals surface area contributed by atoms with Crippen LogP contribution in [0.25, 0.3) is 16.9 Å². The van der Waals surface area contributed by atoms with Crippen LogP contribution in [0.1, 0.15) is 11.4 Å². The van der Waals surface area contributed by atoms with Gasteiger partial charge in [0.05, 0.1) is 5.69 Å². The van der Waals surface area contributed by atoms with Crippen molar-refractivity contribution < 1.29 is 4.39 Å². The van der Waals surface area contributed by atoms with E-state index < -0.39 is 5.82 Å². The van der Waals surface area contributed by atoms with Crippen molar-refractivity contribution in [2.45, 2.75) is 6.42 Å². The van der Waals surface area contributed by atoms with Crippen LogP contribution in [0.2, 0.25) is 0 Å². The molecule has 0 spiro atoms. The summed E-state index contributed by atoms with van der Waals surface area (Å²) in [4.78, 5) is 8.76. The van der Waals surface area contributed by atoms with Gasteiger partial charge in [-0.05, 0) is 24.3 Å². The molecule has 4 nitrogen and oxygen atoms in total. The molecule has 0 aliphatic rings. The number of fused-ring (bicyclic) bond motifs is 1. The van der Waals surface area contributed by atoms with E-state index in [2.05, 4.69) is 9.97 Å². The van der Waals surface area contributed by atoms with Crippen LogP contribution in [-0.2, 0) is 6.42 Å². The number of hydrogen-bond acceptors (Lipinski definition) is 3. The highest BCUT2D eigenvalue weighted by Crippen LogP contribution is 2.24. The lowest BCUT2D eigenvalue weighted by atomic mass is 10.1.